The topological polar surface area (TPSA) is 61.4 Å². The number of nitrogens with one attached hydrogen (secondary N) is 2. The van der Waals surface area contributed by atoms with Crippen molar-refractivity contribution >= 4 is 29.9 Å². The first-order chi connectivity index (χ1) is 12.7. The van der Waals surface area contributed by atoms with Crippen molar-refractivity contribution in [1.29, 1.82) is 0 Å². The Morgan fingerprint density at radius 1 is 1.11 bits per heavy atom. The average molecular weight is 489 g/mol. The van der Waals surface area contributed by atoms with Gasteiger partial charge >= 0.3 is 0 Å². The van der Waals surface area contributed by atoms with Crippen LogP contribution in [0.4, 0.5) is 0 Å². The van der Waals surface area contributed by atoms with Crippen LogP contribution in [-0.2, 0) is 6.42 Å². The monoisotopic (exact) mass is 489 g/mol. The van der Waals surface area contributed by atoms with Gasteiger partial charge in [-0.05, 0) is 24.1 Å². The third-order valence-electron chi connectivity index (χ3n) is 5.28. The Bertz CT molecular complexity index is 620. The zero-order chi connectivity index (χ0) is 18.4. The fraction of sp³-hybridized carbons (Fsp3) is 0.632. The number of aliphatic imine (C=N–C) groups is 1. The number of benzene rings is 1. The van der Waals surface area contributed by atoms with Crippen LogP contribution in [0.3, 0.4) is 0 Å². The molecule has 3 fully saturated rings. The number of hydrogen-bond donors (Lipinski definition) is 2. The van der Waals surface area contributed by atoms with Crippen molar-refractivity contribution in [3.8, 4) is 11.5 Å². The normalized spacial score (nSPS) is 24.1. The molecule has 0 saturated carbocycles. The molecule has 3 saturated heterocycles. The van der Waals surface area contributed by atoms with Crippen LogP contribution in [0.5, 0.6) is 11.5 Å². The van der Waals surface area contributed by atoms with Crippen molar-refractivity contribution in [2.24, 2.45) is 4.99 Å². The van der Waals surface area contributed by atoms with Crippen molar-refractivity contribution in [3.63, 3.8) is 0 Å². The molecule has 0 amide bonds. The summed E-state index contributed by atoms with van der Waals surface area (Å²) in [6.45, 7) is 7.73. The summed E-state index contributed by atoms with van der Waals surface area (Å²) in [4.78, 5) is 9.49. The lowest BCUT2D eigenvalue weighted by molar-refractivity contribution is 0.0154. The summed E-state index contributed by atoms with van der Waals surface area (Å²) in [6.07, 6.45) is 0.893. The number of rotatable bonds is 7. The number of nitrogens with zero attached hydrogens (tertiary/aromatic N) is 3. The molecule has 1 aromatic carbocycles. The Balaban J connectivity index is 0.00000261. The standard InChI is InChI=1S/C19H31N5O2.HI/c1-20-19(22-13-16-14-23-8-10-24(16)11-9-23)21-7-6-15-4-5-17(25-2)18(12-15)26-3;/h4-5,12,16H,6-11,13-14H2,1-3H3,(H2,20,21,22);1H. The van der Waals surface area contributed by atoms with Gasteiger partial charge < -0.3 is 20.1 Å². The Kier molecular flexibility index (Phi) is 8.91. The second kappa shape index (κ2) is 10.9. The summed E-state index contributed by atoms with van der Waals surface area (Å²) in [7, 11) is 5.14. The highest BCUT2D eigenvalue weighted by Gasteiger charge is 2.31. The van der Waals surface area contributed by atoms with Crippen LogP contribution in [0.25, 0.3) is 0 Å². The minimum atomic E-state index is 0. The molecule has 2 bridgehead atoms. The van der Waals surface area contributed by atoms with E-state index in [1.54, 1.807) is 14.2 Å². The maximum Gasteiger partial charge on any atom is 0.191 e. The number of halogens is 1. The van der Waals surface area contributed by atoms with Crippen LogP contribution >= 0.6 is 24.0 Å². The molecule has 3 aliphatic rings. The second-order valence-corrected chi connectivity index (χ2v) is 6.81. The molecule has 27 heavy (non-hydrogen) atoms. The van der Waals surface area contributed by atoms with Crippen molar-refractivity contribution in [2.45, 2.75) is 12.5 Å². The SMILES string of the molecule is CN=C(NCCc1ccc(OC)c(OC)c1)NCC1CN2CCN1CC2.I. The van der Waals surface area contributed by atoms with E-state index in [4.69, 9.17) is 9.47 Å². The molecule has 2 N–H and O–H groups in total. The Hall–Kier alpha value is -1.26. The van der Waals surface area contributed by atoms with E-state index in [1.165, 1.54) is 31.7 Å². The fourth-order valence-electron chi connectivity index (χ4n) is 3.71. The first-order valence-electron chi connectivity index (χ1n) is 9.35. The van der Waals surface area contributed by atoms with Gasteiger partial charge in [0.1, 0.15) is 0 Å². The van der Waals surface area contributed by atoms with Crippen molar-refractivity contribution in [1.82, 2.24) is 20.4 Å². The van der Waals surface area contributed by atoms with E-state index < -0.39 is 0 Å². The third kappa shape index (κ3) is 5.86. The minimum Gasteiger partial charge on any atom is -0.493 e. The van der Waals surface area contributed by atoms with Gasteiger partial charge in [0.2, 0.25) is 0 Å². The quantitative estimate of drug-likeness (QED) is 0.339. The van der Waals surface area contributed by atoms with Crippen LogP contribution in [-0.4, -0.2) is 88.9 Å². The maximum atomic E-state index is 5.37. The van der Waals surface area contributed by atoms with Gasteiger partial charge in [0, 0.05) is 58.9 Å². The smallest absolute Gasteiger partial charge is 0.191 e. The molecule has 1 unspecified atom stereocenters. The first-order valence-corrected chi connectivity index (χ1v) is 9.35. The Morgan fingerprint density at radius 3 is 2.44 bits per heavy atom. The first kappa shape index (κ1) is 22.0. The number of hydrogen-bond acceptors (Lipinski definition) is 5. The van der Waals surface area contributed by atoms with E-state index in [9.17, 15) is 0 Å². The van der Waals surface area contributed by atoms with Gasteiger partial charge in [0.15, 0.2) is 17.5 Å². The fourth-order valence-corrected chi connectivity index (χ4v) is 3.71. The van der Waals surface area contributed by atoms with Gasteiger partial charge in [-0.25, -0.2) is 0 Å². The van der Waals surface area contributed by atoms with Crippen LogP contribution in [0.15, 0.2) is 23.2 Å². The summed E-state index contributed by atoms with van der Waals surface area (Å²) in [5.41, 5.74) is 1.20. The molecule has 1 atom stereocenters. The van der Waals surface area contributed by atoms with Crippen molar-refractivity contribution < 1.29 is 9.47 Å². The molecular weight excluding hydrogens is 457 g/mol. The number of methoxy groups -OCH3 is 2. The number of ether oxygens (including phenoxy) is 2. The van der Waals surface area contributed by atoms with E-state index >= 15 is 0 Å². The maximum absolute atomic E-state index is 5.37. The summed E-state index contributed by atoms with van der Waals surface area (Å²) in [5.74, 6) is 2.39. The zero-order valence-corrected chi connectivity index (χ0v) is 18.9. The predicted octanol–water partition coefficient (Wildman–Crippen LogP) is 1.03. The minimum absolute atomic E-state index is 0. The highest BCUT2D eigenvalue weighted by molar-refractivity contribution is 14.0. The number of fused-ring (bicyclic) bond motifs is 3. The lowest BCUT2D eigenvalue weighted by Gasteiger charge is -2.47. The van der Waals surface area contributed by atoms with Crippen LogP contribution in [0, 0.1) is 0 Å². The van der Waals surface area contributed by atoms with Crippen LogP contribution < -0.4 is 20.1 Å². The van der Waals surface area contributed by atoms with Crippen molar-refractivity contribution in [2.75, 3.05) is 67.1 Å². The molecule has 8 heteroatoms. The molecule has 1 aromatic rings. The van der Waals surface area contributed by atoms with Gasteiger partial charge in [0.25, 0.3) is 0 Å². The van der Waals surface area contributed by atoms with Gasteiger partial charge in [-0.15, -0.1) is 24.0 Å². The van der Waals surface area contributed by atoms with Crippen LogP contribution in [0.1, 0.15) is 5.56 Å². The van der Waals surface area contributed by atoms with Crippen LogP contribution in [0.2, 0.25) is 0 Å². The van der Waals surface area contributed by atoms with Crippen molar-refractivity contribution in [3.05, 3.63) is 23.8 Å². The Morgan fingerprint density at radius 2 is 1.85 bits per heavy atom. The second-order valence-electron chi connectivity index (χ2n) is 6.81. The molecule has 0 spiro atoms. The largest absolute Gasteiger partial charge is 0.493 e. The molecule has 0 aliphatic carbocycles. The molecule has 0 aromatic heterocycles. The molecule has 3 aliphatic heterocycles. The highest BCUT2D eigenvalue weighted by atomic mass is 127. The number of piperazine rings is 3. The van der Waals surface area contributed by atoms with E-state index in [1.807, 2.05) is 19.2 Å². The van der Waals surface area contributed by atoms with Gasteiger partial charge in [-0.2, -0.15) is 0 Å². The summed E-state index contributed by atoms with van der Waals surface area (Å²) < 4.78 is 10.7. The summed E-state index contributed by atoms with van der Waals surface area (Å²) in [6, 6.07) is 6.63. The molecule has 152 valence electrons. The molecule has 4 rings (SSSR count). The summed E-state index contributed by atoms with van der Waals surface area (Å²) in [5, 5.41) is 6.88. The predicted molar refractivity (Wildman–Crippen MR) is 120 cm³/mol. The molecule has 7 nitrogen and oxygen atoms in total. The third-order valence-corrected chi connectivity index (χ3v) is 5.28. The lowest BCUT2D eigenvalue weighted by Crippen LogP contribution is -2.63. The lowest BCUT2D eigenvalue weighted by atomic mass is 10.1. The highest BCUT2D eigenvalue weighted by Crippen LogP contribution is 2.27. The van der Waals surface area contributed by atoms with Gasteiger partial charge in [-0.1, -0.05) is 6.07 Å². The van der Waals surface area contributed by atoms with E-state index in [0.717, 1.165) is 43.5 Å². The summed E-state index contributed by atoms with van der Waals surface area (Å²) >= 11 is 0. The van der Waals surface area contributed by atoms with Gasteiger partial charge in [-0.3, -0.25) is 14.8 Å². The van der Waals surface area contributed by atoms with E-state index in [2.05, 4.69) is 31.5 Å². The average Bonchev–Trinajstić information content (AvgIpc) is 2.71. The van der Waals surface area contributed by atoms with E-state index in [-0.39, 0.29) is 24.0 Å². The molecule has 3 heterocycles. The molecular formula is C19H32IN5O2. The van der Waals surface area contributed by atoms with Gasteiger partial charge in [0.05, 0.1) is 14.2 Å². The zero-order valence-electron chi connectivity index (χ0n) is 16.5. The molecule has 0 radical (unpaired) electrons. The van der Waals surface area contributed by atoms with E-state index in [0.29, 0.717) is 6.04 Å². The number of guanidine groups is 1. The Labute approximate surface area is 179 Å².